The first-order valence-corrected chi connectivity index (χ1v) is 7.71. The molecule has 2 aromatic heterocycles. The van der Waals surface area contributed by atoms with E-state index in [1.165, 1.54) is 17.4 Å². The van der Waals surface area contributed by atoms with Gasteiger partial charge in [-0.15, -0.1) is 0 Å². The largest absolute Gasteiger partial charge is 0.456 e. The number of hydrogen-bond donors (Lipinski definition) is 1. The highest BCUT2D eigenvalue weighted by molar-refractivity contribution is 7.23. The van der Waals surface area contributed by atoms with Crippen LogP contribution in [0.5, 0.6) is 0 Å². The van der Waals surface area contributed by atoms with Gasteiger partial charge in [-0.3, -0.25) is 9.59 Å². The number of hydrogen-bond acceptors (Lipinski definition) is 5. The minimum absolute atomic E-state index is 0.128. The Morgan fingerprint density at radius 2 is 1.96 bits per heavy atom. The lowest BCUT2D eigenvalue weighted by Gasteiger charge is -2.03. The third-order valence-corrected chi connectivity index (χ3v) is 4.51. The zero-order chi connectivity index (χ0) is 15.8. The van der Waals surface area contributed by atoms with Crippen LogP contribution in [0, 0.1) is 0 Å². The van der Waals surface area contributed by atoms with Gasteiger partial charge in [0.05, 0.1) is 15.6 Å². The number of rotatable bonds is 3. The van der Waals surface area contributed by atoms with Gasteiger partial charge in [0, 0.05) is 11.6 Å². The Balaban J connectivity index is 1.99. The van der Waals surface area contributed by atoms with E-state index >= 15 is 0 Å². The molecule has 4 aromatic rings. The summed E-state index contributed by atoms with van der Waals surface area (Å²) in [6, 6.07) is 14.5. The summed E-state index contributed by atoms with van der Waals surface area (Å²) in [5.74, 6) is 0.526. The lowest BCUT2D eigenvalue weighted by atomic mass is 10.1. The van der Waals surface area contributed by atoms with Crippen molar-refractivity contribution in [2.75, 3.05) is 5.32 Å². The second-order valence-electron chi connectivity index (χ2n) is 4.91. The van der Waals surface area contributed by atoms with Gasteiger partial charge in [0.15, 0.2) is 10.6 Å². The van der Waals surface area contributed by atoms with Crippen molar-refractivity contribution in [1.29, 1.82) is 0 Å². The molecule has 112 valence electrons. The summed E-state index contributed by atoms with van der Waals surface area (Å²) >= 11 is 1.25. The van der Waals surface area contributed by atoms with Gasteiger partial charge in [0.2, 0.25) is 6.41 Å². The van der Waals surface area contributed by atoms with E-state index < -0.39 is 0 Å². The second kappa shape index (κ2) is 5.33. The second-order valence-corrected chi connectivity index (χ2v) is 5.91. The molecule has 0 bridgehead atoms. The van der Waals surface area contributed by atoms with Crippen molar-refractivity contribution in [2.24, 2.45) is 0 Å². The fraction of sp³-hybridized carbons (Fsp3) is 0. The van der Waals surface area contributed by atoms with Crippen LogP contribution < -0.4 is 10.7 Å². The van der Waals surface area contributed by atoms with Gasteiger partial charge in [0.1, 0.15) is 11.3 Å². The lowest BCUT2D eigenvalue weighted by Crippen LogP contribution is -2.00. The zero-order valence-electron chi connectivity index (χ0n) is 11.8. The molecule has 0 aliphatic carbocycles. The Bertz CT molecular complexity index is 1080. The van der Waals surface area contributed by atoms with Crippen LogP contribution in [0.1, 0.15) is 0 Å². The predicted molar refractivity (Wildman–Crippen MR) is 90.8 cm³/mol. The van der Waals surface area contributed by atoms with E-state index in [0.717, 1.165) is 5.56 Å². The van der Waals surface area contributed by atoms with Crippen LogP contribution in [0.4, 0.5) is 5.13 Å². The molecule has 2 heterocycles. The van der Waals surface area contributed by atoms with Crippen LogP contribution in [0.2, 0.25) is 0 Å². The third kappa shape index (κ3) is 2.29. The predicted octanol–water partition coefficient (Wildman–Crippen LogP) is 3.64. The smallest absolute Gasteiger partial charge is 0.213 e. The summed E-state index contributed by atoms with van der Waals surface area (Å²) in [5.41, 5.74) is 1.88. The van der Waals surface area contributed by atoms with Gasteiger partial charge >= 0.3 is 0 Å². The summed E-state index contributed by atoms with van der Waals surface area (Å²) in [6.45, 7) is 0. The molecule has 4 rings (SSSR count). The molecule has 0 saturated carbocycles. The Hall–Kier alpha value is -2.99. The van der Waals surface area contributed by atoms with E-state index in [1.54, 1.807) is 12.1 Å². The molecule has 1 N–H and O–H groups in total. The summed E-state index contributed by atoms with van der Waals surface area (Å²) in [6.07, 6.45) is 0.565. The fourth-order valence-electron chi connectivity index (χ4n) is 2.49. The first kappa shape index (κ1) is 13.7. The molecule has 0 unspecified atom stereocenters. The molecule has 0 spiro atoms. The topological polar surface area (TPSA) is 72.2 Å². The van der Waals surface area contributed by atoms with Crippen molar-refractivity contribution >= 4 is 44.1 Å². The fourth-order valence-corrected chi connectivity index (χ4v) is 3.45. The maximum absolute atomic E-state index is 12.6. The van der Waals surface area contributed by atoms with Gasteiger partial charge < -0.3 is 9.73 Å². The number of amides is 1. The average Bonchev–Trinajstić information content (AvgIpc) is 2.98. The average molecular weight is 322 g/mol. The molecule has 0 aliphatic rings. The highest BCUT2D eigenvalue weighted by Gasteiger charge is 2.13. The van der Waals surface area contributed by atoms with Crippen LogP contribution >= 0.6 is 11.3 Å². The maximum Gasteiger partial charge on any atom is 0.213 e. The zero-order valence-corrected chi connectivity index (χ0v) is 12.6. The number of nitrogens with one attached hydrogen (secondary N) is 1. The maximum atomic E-state index is 12.6. The van der Waals surface area contributed by atoms with Crippen LogP contribution in [0.25, 0.3) is 32.5 Å². The van der Waals surface area contributed by atoms with Gasteiger partial charge in [-0.05, 0) is 12.1 Å². The number of carbonyl (C=O) groups excluding carboxylic acids is 1. The van der Waals surface area contributed by atoms with Crippen molar-refractivity contribution in [3.05, 3.63) is 58.8 Å². The molecule has 23 heavy (non-hydrogen) atoms. The summed E-state index contributed by atoms with van der Waals surface area (Å²) in [5, 5.41) is 3.45. The number of fused-ring (bicyclic) bond motifs is 3. The van der Waals surface area contributed by atoms with E-state index in [9.17, 15) is 9.59 Å². The van der Waals surface area contributed by atoms with Gasteiger partial charge in [0.25, 0.3) is 0 Å². The number of aromatic nitrogens is 1. The summed E-state index contributed by atoms with van der Waals surface area (Å²) in [7, 11) is 0. The number of carbonyl (C=O) groups is 1. The van der Waals surface area contributed by atoms with Crippen molar-refractivity contribution in [2.45, 2.75) is 0 Å². The van der Waals surface area contributed by atoms with Crippen LogP contribution in [-0.2, 0) is 4.79 Å². The van der Waals surface area contributed by atoms with E-state index in [1.807, 2.05) is 30.3 Å². The van der Waals surface area contributed by atoms with Gasteiger partial charge in [-0.1, -0.05) is 41.7 Å². The van der Waals surface area contributed by atoms with Crippen molar-refractivity contribution in [3.8, 4) is 11.3 Å². The Labute approximate surface area is 134 Å². The van der Waals surface area contributed by atoms with Crippen molar-refractivity contribution in [3.63, 3.8) is 0 Å². The standard InChI is InChI=1S/C17H10N2O3S/c20-9-18-17-19-11-6-7-13-15(16(11)23-17)12(21)8-14(22-13)10-4-2-1-3-5-10/h1-9H,(H,18,19,20). The van der Waals surface area contributed by atoms with E-state index in [0.29, 0.717) is 38.5 Å². The van der Waals surface area contributed by atoms with Gasteiger partial charge in [-0.25, -0.2) is 4.98 Å². The molecule has 0 aliphatic heterocycles. The molecule has 0 radical (unpaired) electrons. The molecule has 5 nitrogen and oxygen atoms in total. The lowest BCUT2D eigenvalue weighted by molar-refractivity contribution is -0.105. The Morgan fingerprint density at radius 1 is 1.13 bits per heavy atom. The molecule has 2 aromatic carbocycles. The first-order chi connectivity index (χ1) is 11.3. The number of benzene rings is 2. The minimum atomic E-state index is -0.128. The number of nitrogens with zero attached hydrogens (tertiary/aromatic N) is 1. The molecule has 0 fully saturated rings. The monoisotopic (exact) mass is 322 g/mol. The van der Waals surface area contributed by atoms with E-state index in [2.05, 4.69) is 10.3 Å². The van der Waals surface area contributed by atoms with Crippen molar-refractivity contribution < 1.29 is 9.21 Å². The van der Waals surface area contributed by atoms with Crippen LogP contribution in [0.3, 0.4) is 0 Å². The molecular weight excluding hydrogens is 312 g/mol. The van der Waals surface area contributed by atoms with Crippen LogP contribution in [-0.4, -0.2) is 11.4 Å². The first-order valence-electron chi connectivity index (χ1n) is 6.89. The molecule has 1 amide bonds. The molecule has 6 heteroatoms. The minimum Gasteiger partial charge on any atom is -0.456 e. The highest BCUT2D eigenvalue weighted by atomic mass is 32.1. The van der Waals surface area contributed by atoms with Crippen LogP contribution in [0.15, 0.2) is 57.7 Å². The normalized spacial score (nSPS) is 11.0. The molecular formula is C17H10N2O3S. The third-order valence-electron chi connectivity index (χ3n) is 3.49. The van der Waals surface area contributed by atoms with Gasteiger partial charge in [-0.2, -0.15) is 0 Å². The Morgan fingerprint density at radius 3 is 2.74 bits per heavy atom. The number of thiazole rings is 1. The quantitative estimate of drug-likeness (QED) is 0.585. The summed E-state index contributed by atoms with van der Waals surface area (Å²) < 4.78 is 6.60. The van der Waals surface area contributed by atoms with Crippen molar-refractivity contribution in [1.82, 2.24) is 4.98 Å². The van der Waals surface area contributed by atoms with E-state index in [-0.39, 0.29) is 5.43 Å². The highest BCUT2D eigenvalue weighted by Crippen LogP contribution is 2.32. The van der Waals surface area contributed by atoms with E-state index in [4.69, 9.17) is 4.42 Å². The number of anilines is 1. The Kier molecular flexibility index (Phi) is 3.17. The SMILES string of the molecule is O=CNc1nc2ccc3oc(-c4ccccc4)cc(=O)c3c2s1. The molecule has 0 saturated heterocycles. The molecule has 0 atom stereocenters. The summed E-state index contributed by atoms with van der Waals surface area (Å²) in [4.78, 5) is 27.4.